The summed E-state index contributed by atoms with van der Waals surface area (Å²) in [6.07, 6.45) is 0. The molecule has 0 bridgehead atoms. The number of amides is 1. The van der Waals surface area contributed by atoms with Crippen LogP contribution in [0.25, 0.3) is 0 Å². The molecule has 1 aromatic carbocycles. The van der Waals surface area contributed by atoms with Gasteiger partial charge >= 0.3 is 0 Å². The van der Waals surface area contributed by atoms with E-state index < -0.39 is 15.9 Å². The van der Waals surface area contributed by atoms with Crippen molar-refractivity contribution in [2.75, 3.05) is 13.1 Å². The number of hydrogen-bond donors (Lipinski definition) is 3. The molecule has 0 spiro atoms. The van der Waals surface area contributed by atoms with E-state index in [2.05, 4.69) is 10.0 Å². The van der Waals surface area contributed by atoms with Crippen molar-refractivity contribution in [3.63, 3.8) is 0 Å². The van der Waals surface area contributed by atoms with Crippen LogP contribution in [-0.4, -0.2) is 32.4 Å². The maximum atomic E-state index is 12.0. The van der Waals surface area contributed by atoms with E-state index in [-0.39, 0.29) is 21.5 Å². The zero-order valence-electron chi connectivity index (χ0n) is 10.6. The Labute approximate surface area is 127 Å². The van der Waals surface area contributed by atoms with Gasteiger partial charge < -0.3 is 11.1 Å². The highest BCUT2D eigenvalue weighted by molar-refractivity contribution is 7.89. The van der Waals surface area contributed by atoms with Gasteiger partial charge in [0.1, 0.15) is 9.88 Å². The van der Waals surface area contributed by atoms with Crippen molar-refractivity contribution >= 4 is 44.7 Å². The minimum atomic E-state index is -3.87. The third-order valence-corrected chi connectivity index (χ3v) is 4.42. The van der Waals surface area contributed by atoms with Crippen molar-refractivity contribution < 1.29 is 13.2 Å². The highest BCUT2D eigenvalue weighted by Crippen LogP contribution is 2.22. The second-order valence-electron chi connectivity index (χ2n) is 3.79. The summed E-state index contributed by atoms with van der Waals surface area (Å²) in [5, 5.41) is 2.46. The predicted molar refractivity (Wildman–Crippen MR) is 81.2 cm³/mol. The molecule has 0 saturated carbocycles. The quantitative estimate of drug-likeness (QED) is 0.653. The number of rotatable bonds is 6. The molecule has 0 heterocycles. The zero-order chi connectivity index (χ0) is 15.3. The van der Waals surface area contributed by atoms with Gasteiger partial charge in [-0.3, -0.25) is 4.79 Å². The zero-order valence-corrected chi connectivity index (χ0v) is 13.0. The highest BCUT2D eigenvalue weighted by atomic mass is 35.5. The van der Waals surface area contributed by atoms with Crippen molar-refractivity contribution in [3.8, 4) is 0 Å². The second kappa shape index (κ2) is 6.98. The molecule has 0 radical (unpaired) electrons. The molecular formula is C11H14ClN3O3S2. The number of nitrogens with one attached hydrogen (secondary N) is 2. The summed E-state index contributed by atoms with van der Waals surface area (Å²) in [7, 11) is -3.87. The van der Waals surface area contributed by atoms with E-state index in [1.807, 2.05) is 0 Å². The molecule has 0 aromatic heterocycles. The molecule has 1 rings (SSSR count). The molecule has 110 valence electrons. The Morgan fingerprint density at radius 1 is 1.45 bits per heavy atom. The molecule has 6 nitrogen and oxygen atoms in total. The first-order valence-corrected chi connectivity index (χ1v) is 7.90. The molecule has 0 aliphatic carbocycles. The van der Waals surface area contributed by atoms with Gasteiger partial charge in [-0.15, -0.1) is 0 Å². The summed E-state index contributed by atoms with van der Waals surface area (Å²) in [6, 6.07) is 4.11. The molecule has 0 atom stereocenters. The van der Waals surface area contributed by atoms with E-state index in [1.54, 1.807) is 6.92 Å². The first-order chi connectivity index (χ1) is 9.27. The highest BCUT2D eigenvalue weighted by Gasteiger charge is 2.19. The maximum absolute atomic E-state index is 12.0. The molecule has 0 unspecified atom stereocenters. The fourth-order valence-electron chi connectivity index (χ4n) is 1.37. The van der Waals surface area contributed by atoms with Crippen LogP contribution in [0.15, 0.2) is 23.1 Å². The van der Waals surface area contributed by atoms with Gasteiger partial charge in [0.2, 0.25) is 15.9 Å². The van der Waals surface area contributed by atoms with Crippen molar-refractivity contribution in [1.82, 2.24) is 10.0 Å². The number of nitrogens with two attached hydrogens (primary N) is 1. The minimum Gasteiger partial charge on any atom is -0.389 e. The van der Waals surface area contributed by atoms with Crippen molar-refractivity contribution in [1.29, 1.82) is 0 Å². The number of hydrogen-bond acceptors (Lipinski definition) is 4. The number of halogens is 1. The van der Waals surface area contributed by atoms with Gasteiger partial charge in [-0.2, -0.15) is 0 Å². The molecule has 0 fully saturated rings. The smallest absolute Gasteiger partial charge is 0.242 e. The number of carbonyl (C=O) groups excluding carboxylic acids is 1. The Morgan fingerprint density at radius 3 is 2.60 bits per heavy atom. The summed E-state index contributed by atoms with van der Waals surface area (Å²) in [4.78, 5) is 11.2. The molecule has 4 N–H and O–H groups in total. The van der Waals surface area contributed by atoms with E-state index in [9.17, 15) is 13.2 Å². The molecule has 9 heteroatoms. The van der Waals surface area contributed by atoms with Gasteiger partial charge in [0.05, 0.1) is 11.6 Å². The molecular weight excluding hydrogens is 322 g/mol. The summed E-state index contributed by atoms with van der Waals surface area (Å²) >= 11 is 10.7. The standard InChI is InChI=1S/C11H14ClN3O3S2/c1-2-14-10(16)6-15-20(17,18)9-4-3-7(11(13)19)5-8(9)12/h3-5,15H,2,6H2,1H3,(H2,13,19)(H,14,16). The van der Waals surface area contributed by atoms with Crippen LogP contribution >= 0.6 is 23.8 Å². The lowest BCUT2D eigenvalue weighted by atomic mass is 10.2. The van der Waals surface area contributed by atoms with Crippen LogP contribution in [-0.2, 0) is 14.8 Å². The Kier molecular flexibility index (Phi) is 5.88. The van der Waals surface area contributed by atoms with E-state index in [0.717, 1.165) is 0 Å². The predicted octanol–water partition coefficient (Wildman–Crippen LogP) is 0.389. The van der Waals surface area contributed by atoms with Crippen molar-refractivity contribution in [2.24, 2.45) is 5.73 Å². The lowest BCUT2D eigenvalue weighted by molar-refractivity contribution is -0.119. The summed E-state index contributed by atoms with van der Waals surface area (Å²) in [5.74, 6) is -0.424. The molecule has 1 aromatic rings. The van der Waals surface area contributed by atoms with Gasteiger partial charge in [0.25, 0.3) is 0 Å². The summed E-state index contributed by atoms with van der Waals surface area (Å²) in [5.41, 5.74) is 5.89. The fourth-order valence-corrected chi connectivity index (χ4v) is 3.02. The van der Waals surface area contributed by atoms with Crippen LogP contribution in [0.1, 0.15) is 12.5 Å². The largest absolute Gasteiger partial charge is 0.389 e. The average molecular weight is 336 g/mol. The topological polar surface area (TPSA) is 101 Å². The van der Waals surface area contributed by atoms with E-state index in [4.69, 9.17) is 29.6 Å². The van der Waals surface area contributed by atoms with Crippen molar-refractivity contribution in [2.45, 2.75) is 11.8 Å². The lowest BCUT2D eigenvalue weighted by Gasteiger charge is -2.09. The molecule has 0 aliphatic heterocycles. The fraction of sp³-hybridized carbons (Fsp3) is 0.273. The van der Waals surface area contributed by atoms with Crippen molar-refractivity contribution in [3.05, 3.63) is 28.8 Å². The van der Waals surface area contributed by atoms with Crippen LogP contribution in [0.2, 0.25) is 5.02 Å². The van der Waals surface area contributed by atoms with Crippen LogP contribution in [0.3, 0.4) is 0 Å². The van der Waals surface area contributed by atoms with Gasteiger partial charge in [0.15, 0.2) is 0 Å². The number of benzene rings is 1. The molecule has 20 heavy (non-hydrogen) atoms. The van der Waals surface area contributed by atoms with Crippen LogP contribution < -0.4 is 15.8 Å². The maximum Gasteiger partial charge on any atom is 0.242 e. The third kappa shape index (κ3) is 4.41. The van der Waals surface area contributed by atoms with Gasteiger partial charge in [0, 0.05) is 12.1 Å². The van der Waals surface area contributed by atoms with Gasteiger partial charge in [-0.25, -0.2) is 13.1 Å². The summed E-state index contributed by atoms with van der Waals surface area (Å²) in [6.45, 7) is 1.80. The van der Waals surface area contributed by atoms with E-state index in [1.165, 1.54) is 18.2 Å². The monoisotopic (exact) mass is 335 g/mol. The normalized spacial score (nSPS) is 11.1. The first-order valence-electron chi connectivity index (χ1n) is 5.63. The molecule has 0 saturated heterocycles. The lowest BCUT2D eigenvalue weighted by Crippen LogP contribution is -2.36. The van der Waals surface area contributed by atoms with E-state index in [0.29, 0.717) is 12.1 Å². The Balaban J connectivity index is 2.93. The number of likely N-dealkylation sites (N-methyl/N-ethyl adjacent to an activating group) is 1. The Bertz CT molecular complexity index is 632. The SMILES string of the molecule is CCNC(=O)CNS(=O)(=O)c1ccc(C(N)=S)cc1Cl. The summed E-state index contributed by atoms with van der Waals surface area (Å²) < 4.78 is 26.2. The number of sulfonamides is 1. The van der Waals surface area contributed by atoms with Gasteiger partial charge in [-0.05, 0) is 19.1 Å². The number of carbonyl (C=O) groups is 1. The minimum absolute atomic E-state index is 0.0151. The Hall–Kier alpha value is -1.22. The van der Waals surface area contributed by atoms with Crippen LogP contribution in [0.4, 0.5) is 0 Å². The van der Waals surface area contributed by atoms with Gasteiger partial charge in [-0.1, -0.05) is 29.9 Å². The van der Waals surface area contributed by atoms with E-state index >= 15 is 0 Å². The molecule has 1 amide bonds. The first kappa shape index (κ1) is 16.8. The number of thiocarbonyl (C=S) groups is 1. The third-order valence-electron chi connectivity index (χ3n) is 2.30. The van der Waals surface area contributed by atoms with Crippen LogP contribution in [0.5, 0.6) is 0 Å². The van der Waals surface area contributed by atoms with Crippen LogP contribution in [0, 0.1) is 0 Å². The molecule has 0 aliphatic rings. The average Bonchev–Trinajstić information content (AvgIpc) is 2.36. The second-order valence-corrected chi connectivity index (χ2v) is 6.37. The Morgan fingerprint density at radius 2 is 2.10 bits per heavy atom.